The molecule has 5 heteroatoms. The number of hydrogen-bond donors (Lipinski definition) is 1. The van der Waals surface area contributed by atoms with Crippen LogP contribution in [0.3, 0.4) is 0 Å². The Kier molecular flexibility index (Phi) is 6.37. The van der Waals surface area contributed by atoms with Gasteiger partial charge in [0.05, 0.1) is 6.04 Å². The Morgan fingerprint density at radius 3 is 2.38 bits per heavy atom. The van der Waals surface area contributed by atoms with Gasteiger partial charge in [0, 0.05) is 17.8 Å². The standard InChI is InChI=1S/C19H25N3OS/c1-12-8-6-7-9-16(12)13(2)20-18(23)11-10-17-14(3)21-19(24-5)22-15(17)4/h6-9,13H,10-11H2,1-5H3,(H,20,23)/t13-/m1/s1. The maximum Gasteiger partial charge on any atom is 0.220 e. The largest absolute Gasteiger partial charge is 0.350 e. The van der Waals surface area contributed by atoms with E-state index >= 15 is 0 Å². The summed E-state index contributed by atoms with van der Waals surface area (Å²) in [5, 5.41) is 3.87. The Balaban J connectivity index is 1.98. The van der Waals surface area contributed by atoms with Gasteiger partial charge >= 0.3 is 0 Å². The number of thioether (sulfide) groups is 1. The molecule has 1 aromatic heterocycles. The lowest BCUT2D eigenvalue weighted by atomic mass is 10.0. The second-order valence-electron chi connectivity index (χ2n) is 6.01. The normalized spacial score (nSPS) is 12.0. The summed E-state index contributed by atoms with van der Waals surface area (Å²) in [6.45, 7) is 8.05. The Morgan fingerprint density at radius 2 is 1.79 bits per heavy atom. The van der Waals surface area contributed by atoms with Crippen molar-refractivity contribution in [2.45, 2.75) is 51.7 Å². The van der Waals surface area contributed by atoms with Gasteiger partial charge in [-0.05, 0) is 57.1 Å². The molecule has 1 amide bonds. The minimum absolute atomic E-state index is 0.0102. The number of nitrogens with zero attached hydrogens (tertiary/aromatic N) is 2. The predicted molar refractivity (Wildman–Crippen MR) is 99.3 cm³/mol. The molecule has 2 rings (SSSR count). The average Bonchev–Trinajstić information content (AvgIpc) is 2.54. The molecule has 0 aliphatic rings. The number of aromatic nitrogens is 2. The third-order valence-electron chi connectivity index (χ3n) is 4.22. The highest BCUT2D eigenvalue weighted by Crippen LogP contribution is 2.19. The Morgan fingerprint density at radius 1 is 1.17 bits per heavy atom. The summed E-state index contributed by atoms with van der Waals surface area (Å²) in [6, 6.07) is 8.15. The first-order chi connectivity index (χ1) is 11.4. The molecule has 0 spiro atoms. The van der Waals surface area contributed by atoms with Crippen molar-refractivity contribution in [3.05, 3.63) is 52.3 Å². The van der Waals surface area contributed by atoms with Crippen LogP contribution in [-0.2, 0) is 11.2 Å². The van der Waals surface area contributed by atoms with Gasteiger partial charge < -0.3 is 5.32 Å². The van der Waals surface area contributed by atoms with Crippen LogP contribution in [0.5, 0.6) is 0 Å². The van der Waals surface area contributed by atoms with Gasteiger partial charge in [0.25, 0.3) is 0 Å². The Bertz CT molecular complexity index is 707. The van der Waals surface area contributed by atoms with Crippen LogP contribution in [0.25, 0.3) is 0 Å². The fourth-order valence-electron chi connectivity index (χ4n) is 2.86. The maximum atomic E-state index is 12.3. The van der Waals surface area contributed by atoms with Crippen LogP contribution in [0.4, 0.5) is 0 Å². The third kappa shape index (κ3) is 4.57. The summed E-state index contributed by atoms with van der Waals surface area (Å²) in [6.07, 6.45) is 3.08. The second-order valence-corrected chi connectivity index (χ2v) is 6.78. The van der Waals surface area contributed by atoms with Crippen LogP contribution < -0.4 is 5.32 Å². The zero-order valence-electron chi connectivity index (χ0n) is 15.0. The lowest BCUT2D eigenvalue weighted by Crippen LogP contribution is -2.27. The van der Waals surface area contributed by atoms with Crippen molar-refractivity contribution in [2.24, 2.45) is 0 Å². The third-order valence-corrected chi connectivity index (χ3v) is 4.76. The molecule has 24 heavy (non-hydrogen) atoms. The van der Waals surface area contributed by atoms with Crippen molar-refractivity contribution in [3.8, 4) is 0 Å². The highest BCUT2D eigenvalue weighted by molar-refractivity contribution is 7.98. The molecule has 128 valence electrons. The lowest BCUT2D eigenvalue weighted by Gasteiger charge is -2.17. The molecule has 4 nitrogen and oxygen atoms in total. The molecule has 0 unspecified atom stereocenters. The van der Waals surface area contributed by atoms with E-state index in [0.717, 1.165) is 27.7 Å². The number of aryl methyl sites for hydroxylation is 3. The van der Waals surface area contributed by atoms with E-state index in [0.29, 0.717) is 12.8 Å². The number of nitrogens with one attached hydrogen (secondary N) is 1. The molecular formula is C19H25N3OS. The molecule has 1 N–H and O–H groups in total. The summed E-state index contributed by atoms with van der Waals surface area (Å²) < 4.78 is 0. The molecule has 0 fully saturated rings. The summed E-state index contributed by atoms with van der Waals surface area (Å²) in [7, 11) is 0. The Hall–Kier alpha value is -1.88. The van der Waals surface area contributed by atoms with Gasteiger partial charge in [-0.1, -0.05) is 36.0 Å². The molecule has 2 aromatic rings. The first kappa shape index (κ1) is 18.5. The van der Waals surface area contributed by atoms with E-state index in [9.17, 15) is 4.79 Å². The minimum Gasteiger partial charge on any atom is -0.350 e. The van der Waals surface area contributed by atoms with Gasteiger partial charge in [-0.3, -0.25) is 4.79 Å². The summed E-state index contributed by atoms with van der Waals surface area (Å²) in [5.74, 6) is 0.0542. The molecule has 0 bridgehead atoms. The van der Waals surface area contributed by atoms with Crippen LogP contribution in [-0.4, -0.2) is 22.1 Å². The molecule has 0 saturated heterocycles. The highest BCUT2D eigenvalue weighted by atomic mass is 32.2. The molecule has 0 aliphatic carbocycles. The zero-order chi connectivity index (χ0) is 17.7. The number of hydrogen-bond acceptors (Lipinski definition) is 4. The predicted octanol–water partition coefficient (Wildman–Crippen LogP) is 3.93. The van der Waals surface area contributed by atoms with E-state index in [1.54, 1.807) is 0 Å². The van der Waals surface area contributed by atoms with E-state index < -0.39 is 0 Å². The van der Waals surface area contributed by atoms with Gasteiger partial charge in [0.15, 0.2) is 5.16 Å². The van der Waals surface area contributed by atoms with Crippen molar-refractivity contribution >= 4 is 17.7 Å². The smallest absolute Gasteiger partial charge is 0.220 e. The van der Waals surface area contributed by atoms with Crippen molar-refractivity contribution in [1.29, 1.82) is 0 Å². The zero-order valence-corrected chi connectivity index (χ0v) is 15.8. The SMILES string of the molecule is CSc1nc(C)c(CCC(=O)N[C@H](C)c2ccccc2C)c(C)n1. The van der Waals surface area contributed by atoms with Crippen molar-refractivity contribution in [1.82, 2.24) is 15.3 Å². The lowest BCUT2D eigenvalue weighted by molar-refractivity contribution is -0.121. The van der Waals surface area contributed by atoms with Gasteiger partial charge in [0.1, 0.15) is 0 Å². The Labute approximate surface area is 148 Å². The quantitative estimate of drug-likeness (QED) is 0.638. The summed E-state index contributed by atoms with van der Waals surface area (Å²) in [5.41, 5.74) is 5.36. The average molecular weight is 343 g/mol. The number of benzene rings is 1. The van der Waals surface area contributed by atoms with Crippen molar-refractivity contribution in [3.63, 3.8) is 0 Å². The first-order valence-corrected chi connectivity index (χ1v) is 9.37. The molecular weight excluding hydrogens is 318 g/mol. The molecule has 1 heterocycles. The van der Waals surface area contributed by atoms with Crippen molar-refractivity contribution < 1.29 is 4.79 Å². The van der Waals surface area contributed by atoms with Crippen LogP contribution in [0.1, 0.15) is 47.5 Å². The highest BCUT2D eigenvalue weighted by Gasteiger charge is 2.14. The van der Waals surface area contributed by atoms with Crippen LogP contribution in [0, 0.1) is 20.8 Å². The maximum absolute atomic E-state index is 12.3. The van der Waals surface area contributed by atoms with E-state index in [4.69, 9.17) is 0 Å². The fourth-order valence-corrected chi connectivity index (χ4v) is 3.32. The van der Waals surface area contributed by atoms with Crippen LogP contribution in [0.2, 0.25) is 0 Å². The summed E-state index contributed by atoms with van der Waals surface area (Å²) >= 11 is 1.54. The first-order valence-electron chi connectivity index (χ1n) is 8.15. The number of amides is 1. The van der Waals surface area contributed by atoms with Gasteiger partial charge in [-0.25, -0.2) is 9.97 Å². The number of rotatable bonds is 6. The minimum atomic E-state index is 0.0102. The van der Waals surface area contributed by atoms with E-state index in [2.05, 4.69) is 34.3 Å². The van der Waals surface area contributed by atoms with E-state index in [1.807, 2.05) is 39.2 Å². The van der Waals surface area contributed by atoms with Gasteiger partial charge in [0.2, 0.25) is 5.91 Å². The second kappa shape index (κ2) is 8.29. The molecule has 0 aliphatic heterocycles. The number of carbonyl (C=O) groups excluding carboxylic acids is 1. The molecule has 0 saturated carbocycles. The van der Waals surface area contributed by atoms with E-state index in [1.165, 1.54) is 17.3 Å². The molecule has 1 aromatic carbocycles. The molecule has 1 atom stereocenters. The van der Waals surface area contributed by atoms with Gasteiger partial charge in [-0.2, -0.15) is 0 Å². The topological polar surface area (TPSA) is 54.9 Å². The molecule has 0 radical (unpaired) electrons. The number of carbonyl (C=O) groups is 1. The monoisotopic (exact) mass is 343 g/mol. The fraction of sp³-hybridized carbons (Fsp3) is 0.421. The van der Waals surface area contributed by atoms with Crippen LogP contribution >= 0.6 is 11.8 Å². The van der Waals surface area contributed by atoms with Gasteiger partial charge in [-0.15, -0.1) is 0 Å². The summed E-state index contributed by atoms with van der Waals surface area (Å²) in [4.78, 5) is 21.2. The van der Waals surface area contributed by atoms with Crippen LogP contribution in [0.15, 0.2) is 29.4 Å². The van der Waals surface area contributed by atoms with E-state index in [-0.39, 0.29) is 11.9 Å². The van der Waals surface area contributed by atoms with Crippen molar-refractivity contribution in [2.75, 3.05) is 6.26 Å².